The lowest BCUT2D eigenvalue weighted by Gasteiger charge is -2.33. The highest BCUT2D eigenvalue weighted by Gasteiger charge is 2.45. The number of halogens is 1. The summed E-state index contributed by atoms with van der Waals surface area (Å²) in [5.74, 6) is -0.539. The molecule has 0 radical (unpaired) electrons. The SMILES string of the molecule is O=C(O)[C@@H]1C[C@H]2CCCC[C@@H]2N1Cc1ccccc1F. The van der Waals surface area contributed by atoms with Gasteiger partial charge in [0.05, 0.1) is 0 Å². The highest BCUT2D eigenvalue weighted by molar-refractivity contribution is 5.74. The van der Waals surface area contributed by atoms with Gasteiger partial charge >= 0.3 is 5.97 Å². The normalized spacial score (nSPS) is 30.1. The summed E-state index contributed by atoms with van der Waals surface area (Å²) in [6.45, 7) is 0.408. The van der Waals surface area contributed by atoms with Gasteiger partial charge in [0.15, 0.2) is 0 Å². The standard InChI is InChI=1S/C16H20FNO2/c17-13-7-3-1-6-12(13)10-18-14-8-4-2-5-11(14)9-15(18)16(19)20/h1,3,6-7,11,14-15H,2,4-5,8-10H2,(H,19,20)/t11-,14+,15+/m1/s1. The van der Waals surface area contributed by atoms with Crippen LogP contribution in [0.1, 0.15) is 37.7 Å². The third-order valence-corrected chi connectivity index (χ3v) is 4.82. The lowest BCUT2D eigenvalue weighted by molar-refractivity contribution is -0.142. The first-order chi connectivity index (χ1) is 9.66. The minimum atomic E-state index is -0.768. The van der Waals surface area contributed by atoms with Gasteiger partial charge in [0.2, 0.25) is 0 Å². The van der Waals surface area contributed by atoms with Crippen molar-refractivity contribution in [2.75, 3.05) is 0 Å². The number of aliphatic carboxylic acids is 1. The molecule has 0 aromatic heterocycles. The van der Waals surface area contributed by atoms with Gasteiger partial charge in [-0.2, -0.15) is 0 Å². The van der Waals surface area contributed by atoms with Crippen LogP contribution >= 0.6 is 0 Å². The second-order valence-corrected chi connectivity index (χ2v) is 5.97. The van der Waals surface area contributed by atoms with Crippen LogP contribution < -0.4 is 0 Å². The smallest absolute Gasteiger partial charge is 0.320 e. The average Bonchev–Trinajstić information content (AvgIpc) is 2.81. The van der Waals surface area contributed by atoms with Crippen LogP contribution in [0.4, 0.5) is 4.39 Å². The number of benzene rings is 1. The van der Waals surface area contributed by atoms with Gasteiger partial charge in [0, 0.05) is 18.2 Å². The fourth-order valence-electron chi connectivity index (χ4n) is 3.85. The Labute approximate surface area is 118 Å². The van der Waals surface area contributed by atoms with Crippen LogP contribution in [0.15, 0.2) is 24.3 Å². The number of rotatable bonds is 3. The van der Waals surface area contributed by atoms with E-state index in [4.69, 9.17) is 0 Å². The maximum absolute atomic E-state index is 13.8. The van der Waals surface area contributed by atoms with Crippen LogP contribution in [0.2, 0.25) is 0 Å². The Morgan fingerprint density at radius 3 is 2.80 bits per heavy atom. The first-order valence-electron chi connectivity index (χ1n) is 7.39. The third-order valence-electron chi connectivity index (χ3n) is 4.82. The first kappa shape index (κ1) is 13.6. The Morgan fingerprint density at radius 1 is 1.30 bits per heavy atom. The molecule has 3 atom stereocenters. The van der Waals surface area contributed by atoms with Gasteiger partial charge < -0.3 is 5.11 Å². The topological polar surface area (TPSA) is 40.5 Å². The van der Waals surface area contributed by atoms with Crippen molar-refractivity contribution in [1.29, 1.82) is 0 Å². The van der Waals surface area contributed by atoms with E-state index in [1.165, 1.54) is 12.5 Å². The maximum Gasteiger partial charge on any atom is 0.320 e. The molecule has 1 aliphatic carbocycles. The van der Waals surface area contributed by atoms with E-state index in [0.717, 1.165) is 19.3 Å². The van der Waals surface area contributed by atoms with E-state index in [1.807, 2.05) is 11.0 Å². The van der Waals surface area contributed by atoms with Gasteiger partial charge in [-0.05, 0) is 31.2 Å². The minimum Gasteiger partial charge on any atom is -0.480 e. The highest BCUT2D eigenvalue weighted by Crippen LogP contribution is 2.40. The molecule has 0 unspecified atom stereocenters. The van der Waals surface area contributed by atoms with E-state index in [-0.39, 0.29) is 5.82 Å². The molecule has 20 heavy (non-hydrogen) atoms. The minimum absolute atomic E-state index is 0.240. The highest BCUT2D eigenvalue weighted by atomic mass is 19.1. The van der Waals surface area contributed by atoms with Crippen molar-refractivity contribution in [3.8, 4) is 0 Å². The fraction of sp³-hybridized carbons (Fsp3) is 0.562. The van der Waals surface area contributed by atoms with Gasteiger partial charge in [-0.1, -0.05) is 31.0 Å². The molecule has 1 heterocycles. The second kappa shape index (κ2) is 5.52. The van der Waals surface area contributed by atoms with E-state index in [0.29, 0.717) is 30.5 Å². The van der Waals surface area contributed by atoms with Crippen molar-refractivity contribution in [3.05, 3.63) is 35.6 Å². The molecule has 0 bridgehead atoms. The molecule has 3 nitrogen and oxygen atoms in total. The number of fused-ring (bicyclic) bond motifs is 1. The predicted octanol–water partition coefficient (Wildman–Crippen LogP) is 3.04. The monoisotopic (exact) mass is 277 g/mol. The molecule has 2 aliphatic rings. The molecule has 3 rings (SSSR count). The van der Waals surface area contributed by atoms with Crippen molar-refractivity contribution in [1.82, 2.24) is 4.90 Å². The largest absolute Gasteiger partial charge is 0.480 e. The summed E-state index contributed by atoms with van der Waals surface area (Å²) in [5, 5.41) is 9.44. The van der Waals surface area contributed by atoms with E-state index < -0.39 is 12.0 Å². The number of hydrogen-bond acceptors (Lipinski definition) is 2. The van der Waals surface area contributed by atoms with Crippen LogP contribution in [0, 0.1) is 11.7 Å². The van der Waals surface area contributed by atoms with Crippen LogP contribution in [0.25, 0.3) is 0 Å². The molecule has 0 spiro atoms. The van der Waals surface area contributed by atoms with Gasteiger partial charge in [0.25, 0.3) is 0 Å². The molecule has 0 amide bonds. The van der Waals surface area contributed by atoms with E-state index in [1.54, 1.807) is 12.1 Å². The van der Waals surface area contributed by atoms with E-state index in [2.05, 4.69) is 0 Å². The summed E-state index contributed by atoms with van der Waals surface area (Å²) < 4.78 is 13.8. The molecule has 1 N–H and O–H groups in total. The molecule has 1 saturated heterocycles. The molecule has 1 aromatic rings. The summed E-state index contributed by atoms with van der Waals surface area (Å²) in [6, 6.07) is 6.53. The Morgan fingerprint density at radius 2 is 2.05 bits per heavy atom. The van der Waals surface area contributed by atoms with Crippen LogP contribution in [0.5, 0.6) is 0 Å². The summed E-state index contributed by atoms with van der Waals surface area (Å²) >= 11 is 0. The maximum atomic E-state index is 13.8. The first-order valence-corrected chi connectivity index (χ1v) is 7.39. The zero-order valence-corrected chi connectivity index (χ0v) is 11.5. The Kier molecular flexibility index (Phi) is 3.74. The van der Waals surface area contributed by atoms with Gasteiger partial charge in [0.1, 0.15) is 11.9 Å². The summed E-state index contributed by atoms with van der Waals surface area (Å²) in [4.78, 5) is 13.5. The molecular formula is C16H20FNO2. The number of likely N-dealkylation sites (tertiary alicyclic amines) is 1. The summed E-state index contributed by atoms with van der Waals surface area (Å²) in [5.41, 5.74) is 0.602. The predicted molar refractivity (Wildman–Crippen MR) is 73.7 cm³/mol. The molecule has 1 aromatic carbocycles. The van der Waals surface area contributed by atoms with Crippen LogP contribution in [0.3, 0.4) is 0 Å². The van der Waals surface area contributed by atoms with Crippen molar-refractivity contribution in [3.63, 3.8) is 0 Å². The van der Waals surface area contributed by atoms with Gasteiger partial charge in [-0.15, -0.1) is 0 Å². The van der Waals surface area contributed by atoms with Crippen molar-refractivity contribution >= 4 is 5.97 Å². The number of hydrogen-bond donors (Lipinski definition) is 1. The lowest BCUT2D eigenvalue weighted by Crippen LogP contribution is -2.41. The number of carboxylic acid groups (broad SMARTS) is 1. The van der Waals surface area contributed by atoms with E-state index in [9.17, 15) is 14.3 Å². The molecular weight excluding hydrogens is 257 g/mol. The Bertz CT molecular complexity index is 505. The fourth-order valence-corrected chi connectivity index (χ4v) is 3.85. The lowest BCUT2D eigenvalue weighted by atomic mass is 9.84. The van der Waals surface area contributed by atoms with Gasteiger partial charge in [-0.3, -0.25) is 9.69 Å². The molecule has 108 valence electrons. The molecule has 1 aliphatic heterocycles. The van der Waals surface area contributed by atoms with Gasteiger partial charge in [-0.25, -0.2) is 4.39 Å². The Hall–Kier alpha value is -1.42. The van der Waals surface area contributed by atoms with Crippen molar-refractivity contribution < 1.29 is 14.3 Å². The number of carbonyl (C=O) groups is 1. The summed E-state index contributed by atoms with van der Waals surface area (Å²) in [7, 11) is 0. The van der Waals surface area contributed by atoms with Crippen molar-refractivity contribution in [2.24, 2.45) is 5.92 Å². The third kappa shape index (κ3) is 2.44. The second-order valence-electron chi connectivity index (χ2n) is 5.97. The molecule has 2 fully saturated rings. The zero-order valence-electron chi connectivity index (χ0n) is 11.5. The van der Waals surface area contributed by atoms with E-state index >= 15 is 0 Å². The quantitative estimate of drug-likeness (QED) is 0.923. The number of carboxylic acids is 1. The Balaban J connectivity index is 1.84. The average molecular weight is 277 g/mol. The summed E-state index contributed by atoms with van der Waals surface area (Å²) in [6.07, 6.45) is 5.22. The molecule has 4 heteroatoms. The van der Waals surface area contributed by atoms with Crippen molar-refractivity contribution in [2.45, 2.75) is 50.7 Å². The zero-order chi connectivity index (χ0) is 14.1. The van der Waals surface area contributed by atoms with Crippen LogP contribution in [-0.2, 0) is 11.3 Å². The van der Waals surface area contributed by atoms with Crippen LogP contribution in [-0.4, -0.2) is 28.1 Å². The molecule has 1 saturated carbocycles. The number of nitrogens with zero attached hydrogens (tertiary/aromatic N) is 1.